The third-order valence-electron chi connectivity index (χ3n) is 6.14. The van der Waals surface area contributed by atoms with Crippen LogP contribution in [-0.2, 0) is 0 Å². The van der Waals surface area contributed by atoms with Crippen molar-refractivity contribution in [2.45, 2.75) is 26.2 Å². The van der Waals surface area contributed by atoms with E-state index in [9.17, 15) is 0 Å². The molecule has 0 nitrogen and oxygen atoms in total. The molecular weight excluding hydrogens is 300 g/mol. The van der Waals surface area contributed by atoms with E-state index in [4.69, 9.17) is 0 Å². The maximum atomic E-state index is 2.42. The quantitative estimate of drug-likeness (QED) is 0.483. The van der Waals surface area contributed by atoms with E-state index < -0.39 is 0 Å². The first-order chi connectivity index (χ1) is 12.2. The second-order valence-electron chi connectivity index (χ2n) is 7.81. The van der Waals surface area contributed by atoms with Crippen molar-refractivity contribution in [1.82, 2.24) is 0 Å². The summed E-state index contributed by atoms with van der Waals surface area (Å²) in [6.07, 6.45) is 7.89. The Hall–Kier alpha value is -2.60. The summed E-state index contributed by atoms with van der Waals surface area (Å²) in [5, 5.41) is 2.74. The van der Waals surface area contributed by atoms with E-state index in [1.165, 1.54) is 38.6 Å². The van der Waals surface area contributed by atoms with Crippen molar-refractivity contribution in [3.05, 3.63) is 95.6 Å². The lowest BCUT2D eigenvalue weighted by molar-refractivity contribution is 0.390. The molecule has 0 heterocycles. The minimum atomic E-state index is 0.0922. The molecule has 122 valence electrons. The monoisotopic (exact) mass is 322 g/mol. The van der Waals surface area contributed by atoms with Gasteiger partial charge in [-0.15, -0.1) is 0 Å². The second kappa shape index (κ2) is 5.20. The highest BCUT2D eigenvalue weighted by atomic mass is 14.4. The maximum Gasteiger partial charge on any atom is 0.0196 e. The summed E-state index contributed by atoms with van der Waals surface area (Å²) in [5.41, 5.74) is 7.44. The highest BCUT2D eigenvalue weighted by Gasteiger charge is 2.42. The Labute approximate surface area is 149 Å². The Morgan fingerprint density at radius 1 is 0.840 bits per heavy atom. The van der Waals surface area contributed by atoms with Gasteiger partial charge in [-0.1, -0.05) is 98.3 Å². The lowest BCUT2D eigenvalue weighted by atomic mass is 9.68. The molecule has 0 saturated carbocycles. The molecule has 2 aliphatic carbocycles. The number of benzene rings is 3. The normalized spacial score (nSPS) is 18.3. The molecule has 2 aliphatic rings. The predicted molar refractivity (Wildman–Crippen MR) is 107 cm³/mol. The molecule has 0 amide bonds. The van der Waals surface area contributed by atoms with Gasteiger partial charge in [-0.25, -0.2) is 0 Å². The fourth-order valence-electron chi connectivity index (χ4n) is 4.85. The van der Waals surface area contributed by atoms with Crippen LogP contribution in [0.3, 0.4) is 0 Å². The summed E-state index contributed by atoms with van der Waals surface area (Å²) >= 11 is 0. The Balaban J connectivity index is 1.84. The van der Waals surface area contributed by atoms with Crippen molar-refractivity contribution >= 4 is 10.8 Å². The van der Waals surface area contributed by atoms with Gasteiger partial charge in [-0.05, 0) is 44.9 Å². The molecule has 0 fully saturated rings. The van der Waals surface area contributed by atoms with Crippen LogP contribution in [0.4, 0.5) is 0 Å². The molecule has 3 aromatic carbocycles. The van der Waals surface area contributed by atoms with E-state index >= 15 is 0 Å². The highest BCUT2D eigenvalue weighted by molar-refractivity contribution is 5.96. The first-order valence-electron chi connectivity index (χ1n) is 9.15. The van der Waals surface area contributed by atoms with Crippen LogP contribution in [0.1, 0.15) is 37.3 Å². The van der Waals surface area contributed by atoms with E-state index in [-0.39, 0.29) is 5.41 Å². The fraction of sp³-hybridized carbons (Fsp3) is 0.200. The molecule has 1 atom stereocenters. The van der Waals surface area contributed by atoms with E-state index in [0.29, 0.717) is 5.92 Å². The summed E-state index contributed by atoms with van der Waals surface area (Å²) in [4.78, 5) is 0. The zero-order chi connectivity index (χ0) is 17.0. The van der Waals surface area contributed by atoms with Gasteiger partial charge < -0.3 is 0 Å². The van der Waals surface area contributed by atoms with Crippen LogP contribution in [0.15, 0.2) is 84.5 Å². The second-order valence-corrected chi connectivity index (χ2v) is 7.81. The van der Waals surface area contributed by atoms with Crippen LogP contribution in [0.5, 0.6) is 0 Å². The Morgan fingerprint density at radius 2 is 1.64 bits per heavy atom. The Bertz CT molecular complexity index is 1050. The molecule has 0 aromatic heterocycles. The first kappa shape index (κ1) is 14.7. The molecule has 25 heavy (non-hydrogen) atoms. The van der Waals surface area contributed by atoms with Crippen molar-refractivity contribution in [3.8, 4) is 11.1 Å². The van der Waals surface area contributed by atoms with Crippen LogP contribution in [-0.4, -0.2) is 0 Å². The van der Waals surface area contributed by atoms with Crippen LogP contribution in [0.2, 0.25) is 0 Å². The number of rotatable bonds is 2. The molecule has 1 unspecified atom stereocenters. The van der Waals surface area contributed by atoms with Gasteiger partial charge in [0.2, 0.25) is 0 Å². The molecule has 0 heteroatoms. The predicted octanol–water partition coefficient (Wildman–Crippen LogP) is 6.86. The van der Waals surface area contributed by atoms with E-state index in [0.717, 1.165) is 6.42 Å². The third kappa shape index (κ3) is 2.00. The van der Waals surface area contributed by atoms with Crippen LogP contribution >= 0.6 is 0 Å². The first-order valence-corrected chi connectivity index (χ1v) is 9.15. The Morgan fingerprint density at radius 3 is 2.48 bits per heavy atom. The van der Waals surface area contributed by atoms with Crippen LogP contribution in [0, 0.1) is 5.41 Å². The van der Waals surface area contributed by atoms with Gasteiger partial charge in [0.1, 0.15) is 0 Å². The Kier molecular flexibility index (Phi) is 3.06. The molecule has 5 rings (SSSR count). The molecule has 0 N–H and O–H groups in total. The van der Waals surface area contributed by atoms with E-state index in [2.05, 4.69) is 92.7 Å². The minimum Gasteiger partial charge on any atom is -0.0804 e. The molecule has 0 bridgehead atoms. The lowest BCUT2D eigenvalue weighted by Gasteiger charge is -2.35. The van der Waals surface area contributed by atoms with Crippen molar-refractivity contribution in [2.75, 3.05) is 0 Å². The van der Waals surface area contributed by atoms with Crippen molar-refractivity contribution in [1.29, 1.82) is 0 Å². The lowest BCUT2D eigenvalue weighted by Crippen LogP contribution is -2.24. The average molecular weight is 322 g/mol. The summed E-state index contributed by atoms with van der Waals surface area (Å²) in [7, 11) is 0. The topological polar surface area (TPSA) is 0 Å². The molecule has 0 spiro atoms. The fourth-order valence-corrected chi connectivity index (χ4v) is 4.85. The summed E-state index contributed by atoms with van der Waals surface area (Å²) < 4.78 is 0. The van der Waals surface area contributed by atoms with Crippen molar-refractivity contribution in [3.63, 3.8) is 0 Å². The number of hydrogen-bond acceptors (Lipinski definition) is 0. The molecule has 0 aliphatic heterocycles. The van der Waals surface area contributed by atoms with Gasteiger partial charge in [-0.3, -0.25) is 0 Å². The smallest absolute Gasteiger partial charge is 0.0196 e. The van der Waals surface area contributed by atoms with Crippen molar-refractivity contribution < 1.29 is 0 Å². The number of hydrogen-bond donors (Lipinski definition) is 0. The highest BCUT2D eigenvalue weighted by Crippen LogP contribution is 2.57. The zero-order valence-electron chi connectivity index (χ0n) is 14.8. The van der Waals surface area contributed by atoms with Gasteiger partial charge in [0.25, 0.3) is 0 Å². The van der Waals surface area contributed by atoms with Gasteiger partial charge in [0.05, 0.1) is 0 Å². The van der Waals surface area contributed by atoms with Gasteiger partial charge >= 0.3 is 0 Å². The van der Waals surface area contributed by atoms with Crippen molar-refractivity contribution in [2.24, 2.45) is 5.41 Å². The van der Waals surface area contributed by atoms with Gasteiger partial charge in [-0.2, -0.15) is 0 Å². The SMILES string of the molecule is CC(C)(C1=CC=CC1)C1c2ccccc2-c2ccc3ccccc3c21. The molecular formula is C25H22. The summed E-state index contributed by atoms with van der Waals surface area (Å²) in [6, 6.07) is 22.4. The van der Waals surface area contributed by atoms with Gasteiger partial charge in [0, 0.05) is 5.92 Å². The summed E-state index contributed by atoms with van der Waals surface area (Å²) in [6.45, 7) is 4.84. The average Bonchev–Trinajstić information content (AvgIpc) is 3.28. The number of fused-ring (bicyclic) bond motifs is 5. The van der Waals surface area contributed by atoms with Crippen LogP contribution < -0.4 is 0 Å². The summed E-state index contributed by atoms with van der Waals surface area (Å²) in [5.74, 6) is 0.399. The number of allylic oxidation sites excluding steroid dienone is 4. The maximum absolute atomic E-state index is 2.42. The molecule has 3 aromatic rings. The zero-order valence-corrected chi connectivity index (χ0v) is 14.8. The van der Waals surface area contributed by atoms with Gasteiger partial charge in [0.15, 0.2) is 0 Å². The third-order valence-corrected chi connectivity index (χ3v) is 6.14. The van der Waals surface area contributed by atoms with E-state index in [1.807, 2.05) is 0 Å². The van der Waals surface area contributed by atoms with E-state index in [1.54, 1.807) is 0 Å². The molecule has 0 radical (unpaired) electrons. The molecule has 0 saturated heterocycles. The minimum absolute atomic E-state index is 0.0922. The van der Waals surface area contributed by atoms with Crippen LogP contribution in [0.25, 0.3) is 21.9 Å². The largest absolute Gasteiger partial charge is 0.0804 e. The standard InChI is InChI=1S/C25H22/c1-25(2,18-10-4-5-11-18)24-22-14-8-7-13-20(22)21-16-15-17-9-3-6-12-19(17)23(21)24/h3-10,12-16,24H,11H2,1-2H3.